The number of allylic oxidation sites excluding steroid dienone is 5. The standard InChI is InChI=1S/C49H93NO4/c1-3-5-7-9-11-13-15-17-19-21-22-23-24-25-26-27-28-30-32-34-36-38-40-42-44-48(53)49(54)50-46(45-51)47(52)43-41-39-37-35-33-31-29-20-18-16-14-12-10-8-6-4-2/h25-26,33,35,41,43,46-48,51-53H,3-24,27-32,34,36-40,42,44-45H2,1-2H3,(H,50,54)/b26-25-,35-33+,43-41+. The van der Waals surface area contributed by atoms with Crippen molar-refractivity contribution in [3.63, 3.8) is 0 Å². The fourth-order valence-electron chi connectivity index (χ4n) is 7.20. The highest BCUT2D eigenvalue weighted by molar-refractivity contribution is 5.80. The van der Waals surface area contributed by atoms with E-state index in [9.17, 15) is 20.1 Å². The first-order valence-corrected chi connectivity index (χ1v) is 23.8. The van der Waals surface area contributed by atoms with Gasteiger partial charge in [-0.25, -0.2) is 0 Å². The van der Waals surface area contributed by atoms with Crippen molar-refractivity contribution < 1.29 is 20.1 Å². The van der Waals surface area contributed by atoms with Crippen LogP contribution in [-0.4, -0.2) is 46.1 Å². The molecule has 0 saturated carbocycles. The van der Waals surface area contributed by atoms with Crippen LogP contribution in [0.3, 0.4) is 0 Å². The van der Waals surface area contributed by atoms with Crippen molar-refractivity contribution in [2.24, 2.45) is 0 Å². The maximum Gasteiger partial charge on any atom is 0.249 e. The number of hydrogen-bond donors (Lipinski definition) is 4. The summed E-state index contributed by atoms with van der Waals surface area (Å²) < 4.78 is 0. The molecule has 0 aromatic heterocycles. The average Bonchev–Trinajstić information content (AvgIpc) is 3.18. The maximum atomic E-state index is 12.5. The number of carbonyl (C=O) groups is 1. The molecular weight excluding hydrogens is 667 g/mol. The van der Waals surface area contributed by atoms with Crippen molar-refractivity contribution in [3.8, 4) is 0 Å². The molecule has 0 aromatic carbocycles. The fourth-order valence-corrected chi connectivity index (χ4v) is 7.20. The Bertz CT molecular complexity index is 840. The molecule has 54 heavy (non-hydrogen) atoms. The van der Waals surface area contributed by atoms with E-state index in [2.05, 4.69) is 43.5 Å². The van der Waals surface area contributed by atoms with Gasteiger partial charge >= 0.3 is 0 Å². The lowest BCUT2D eigenvalue weighted by atomic mass is 10.0. The third-order valence-corrected chi connectivity index (χ3v) is 11.0. The van der Waals surface area contributed by atoms with E-state index in [4.69, 9.17) is 0 Å². The molecule has 3 atom stereocenters. The zero-order valence-corrected chi connectivity index (χ0v) is 36.1. The smallest absolute Gasteiger partial charge is 0.249 e. The molecule has 0 aromatic rings. The van der Waals surface area contributed by atoms with E-state index in [-0.39, 0.29) is 6.61 Å². The molecule has 0 fully saturated rings. The van der Waals surface area contributed by atoms with Crippen molar-refractivity contribution >= 4 is 5.91 Å². The lowest BCUT2D eigenvalue weighted by molar-refractivity contribution is -0.131. The third kappa shape index (κ3) is 38.8. The topological polar surface area (TPSA) is 89.8 Å². The molecule has 0 heterocycles. The van der Waals surface area contributed by atoms with Crippen LogP contribution >= 0.6 is 0 Å². The first-order chi connectivity index (χ1) is 26.6. The van der Waals surface area contributed by atoms with E-state index in [1.165, 1.54) is 186 Å². The fraction of sp³-hybridized carbons (Fsp3) is 0.857. The van der Waals surface area contributed by atoms with Crippen LogP contribution in [0.1, 0.15) is 245 Å². The molecule has 0 aliphatic heterocycles. The second-order valence-corrected chi connectivity index (χ2v) is 16.3. The van der Waals surface area contributed by atoms with Crippen LogP contribution in [0, 0.1) is 0 Å². The number of nitrogens with one attached hydrogen (secondary N) is 1. The molecule has 5 nitrogen and oxygen atoms in total. The van der Waals surface area contributed by atoms with Gasteiger partial charge in [0.1, 0.15) is 6.10 Å². The Hall–Kier alpha value is -1.43. The second kappa shape index (κ2) is 44.3. The predicted molar refractivity (Wildman–Crippen MR) is 236 cm³/mol. The Kier molecular flexibility index (Phi) is 43.1. The summed E-state index contributed by atoms with van der Waals surface area (Å²) >= 11 is 0. The average molecular weight is 760 g/mol. The highest BCUT2D eigenvalue weighted by atomic mass is 16.3. The number of unbranched alkanes of at least 4 members (excludes halogenated alkanes) is 31. The Morgan fingerprint density at radius 1 is 0.444 bits per heavy atom. The van der Waals surface area contributed by atoms with Gasteiger partial charge in [0.05, 0.1) is 18.8 Å². The van der Waals surface area contributed by atoms with Crippen LogP contribution < -0.4 is 5.32 Å². The molecule has 4 N–H and O–H groups in total. The van der Waals surface area contributed by atoms with Crippen LogP contribution in [0.25, 0.3) is 0 Å². The van der Waals surface area contributed by atoms with Gasteiger partial charge in [-0.05, 0) is 57.8 Å². The first-order valence-electron chi connectivity index (χ1n) is 23.8. The molecule has 0 bridgehead atoms. The van der Waals surface area contributed by atoms with Gasteiger partial charge in [0.15, 0.2) is 0 Å². The highest BCUT2D eigenvalue weighted by Gasteiger charge is 2.22. The Morgan fingerprint density at radius 3 is 1.13 bits per heavy atom. The van der Waals surface area contributed by atoms with E-state index in [1.807, 2.05) is 6.08 Å². The predicted octanol–water partition coefficient (Wildman–Crippen LogP) is 13.9. The molecule has 0 spiro atoms. The zero-order valence-electron chi connectivity index (χ0n) is 36.1. The number of aliphatic hydroxyl groups excluding tert-OH is 3. The van der Waals surface area contributed by atoms with Gasteiger partial charge in [0.2, 0.25) is 5.91 Å². The van der Waals surface area contributed by atoms with Crippen LogP contribution in [0.15, 0.2) is 36.5 Å². The summed E-state index contributed by atoms with van der Waals surface area (Å²) in [5.74, 6) is -0.514. The highest BCUT2D eigenvalue weighted by Crippen LogP contribution is 2.15. The number of rotatable bonds is 43. The van der Waals surface area contributed by atoms with Crippen LogP contribution in [0.4, 0.5) is 0 Å². The SMILES string of the molecule is CCCCCCCCCCCC/C=C/CC/C=C/C(O)C(CO)NC(=O)C(O)CCCCCCCCCC/C=C\CCCCCCCCCCCCCC. The van der Waals surface area contributed by atoms with E-state index in [0.29, 0.717) is 6.42 Å². The van der Waals surface area contributed by atoms with Gasteiger partial charge in [0.25, 0.3) is 0 Å². The van der Waals surface area contributed by atoms with E-state index in [1.54, 1.807) is 6.08 Å². The second-order valence-electron chi connectivity index (χ2n) is 16.3. The number of hydrogen-bond acceptors (Lipinski definition) is 4. The summed E-state index contributed by atoms with van der Waals surface area (Å²) in [6.45, 7) is 4.18. The molecule has 0 aliphatic carbocycles. The van der Waals surface area contributed by atoms with E-state index >= 15 is 0 Å². The third-order valence-electron chi connectivity index (χ3n) is 11.0. The molecule has 1 amide bonds. The number of aliphatic hydroxyl groups is 3. The maximum absolute atomic E-state index is 12.5. The molecule has 5 heteroatoms. The lowest BCUT2D eigenvalue weighted by Gasteiger charge is -2.21. The van der Waals surface area contributed by atoms with Gasteiger partial charge in [-0.3, -0.25) is 4.79 Å². The normalized spacial score (nSPS) is 13.8. The summed E-state index contributed by atoms with van der Waals surface area (Å²) in [4.78, 5) is 12.5. The van der Waals surface area contributed by atoms with Crippen molar-refractivity contribution in [1.82, 2.24) is 5.32 Å². The van der Waals surface area contributed by atoms with E-state index < -0.39 is 24.2 Å². The monoisotopic (exact) mass is 760 g/mol. The van der Waals surface area contributed by atoms with Gasteiger partial charge in [0, 0.05) is 0 Å². The number of carbonyl (C=O) groups excluding carboxylic acids is 1. The number of amides is 1. The Morgan fingerprint density at radius 2 is 0.759 bits per heavy atom. The minimum Gasteiger partial charge on any atom is -0.394 e. The lowest BCUT2D eigenvalue weighted by Crippen LogP contribution is -2.48. The largest absolute Gasteiger partial charge is 0.394 e. The van der Waals surface area contributed by atoms with E-state index in [0.717, 1.165) is 38.5 Å². The van der Waals surface area contributed by atoms with Gasteiger partial charge in [-0.2, -0.15) is 0 Å². The molecule has 0 aliphatic rings. The molecule has 318 valence electrons. The summed E-state index contributed by atoms with van der Waals surface area (Å²) in [5.41, 5.74) is 0. The van der Waals surface area contributed by atoms with Gasteiger partial charge < -0.3 is 20.6 Å². The van der Waals surface area contributed by atoms with Crippen molar-refractivity contribution in [2.45, 2.75) is 263 Å². The zero-order chi connectivity index (χ0) is 39.4. The Labute approximate surface area is 336 Å². The molecule has 0 rings (SSSR count). The quantitative estimate of drug-likeness (QED) is 0.0368. The molecule has 3 unspecified atom stereocenters. The molecular formula is C49H93NO4. The molecule has 0 radical (unpaired) electrons. The summed E-state index contributed by atoms with van der Waals surface area (Å²) in [6.07, 6.45) is 56.2. The van der Waals surface area contributed by atoms with Crippen molar-refractivity contribution in [1.29, 1.82) is 0 Å². The first kappa shape index (κ1) is 52.6. The van der Waals surface area contributed by atoms with Crippen LogP contribution in [0.5, 0.6) is 0 Å². The Balaban J connectivity index is 3.66. The van der Waals surface area contributed by atoms with Crippen molar-refractivity contribution in [2.75, 3.05) is 6.61 Å². The van der Waals surface area contributed by atoms with Crippen LogP contribution in [-0.2, 0) is 4.79 Å². The summed E-state index contributed by atoms with van der Waals surface area (Å²) in [7, 11) is 0. The minimum atomic E-state index is -1.11. The molecule has 0 saturated heterocycles. The van der Waals surface area contributed by atoms with Gasteiger partial charge in [-0.15, -0.1) is 0 Å². The van der Waals surface area contributed by atoms with Crippen molar-refractivity contribution in [3.05, 3.63) is 36.5 Å². The van der Waals surface area contributed by atoms with Gasteiger partial charge in [-0.1, -0.05) is 224 Å². The summed E-state index contributed by atoms with van der Waals surface area (Å²) in [6, 6.07) is -0.815. The minimum absolute atomic E-state index is 0.376. The van der Waals surface area contributed by atoms with Crippen LogP contribution in [0.2, 0.25) is 0 Å². The summed E-state index contributed by atoms with van der Waals surface area (Å²) in [5, 5.41) is 33.2.